The fourth-order valence-electron chi connectivity index (χ4n) is 3.31. The number of carbonyl (C=O) groups is 1. The Morgan fingerprint density at radius 2 is 1.63 bits per heavy atom. The molecule has 0 unspecified atom stereocenters. The van der Waals surface area contributed by atoms with Crippen molar-refractivity contribution < 1.29 is 19.4 Å². The first kappa shape index (κ1) is 25.4. The number of phenols is 1. The van der Waals surface area contributed by atoms with Gasteiger partial charge in [0.05, 0.1) is 19.1 Å². The van der Waals surface area contributed by atoms with E-state index < -0.39 is 0 Å². The minimum absolute atomic E-state index is 0.0388. The molecule has 0 radical (unpaired) electrons. The van der Waals surface area contributed by atoms with E-state index in [1.54, 1.807) is 19.2 Å². The van der Waals surface area contributed by atoms with Crippen molar-refractivity contribution >= 4 is 17.7 Å². The topological polar surface area (TPSA) is 98.9 Å². The van der Waals surface area contributed by atoms with Crippen LogP contribution in [-0.2, 0) is 17.6 Å². The van der Waals surface area contributed by atoms with Crippen LogP contribution in [0.15, 0.2) is 34.0 Å². The van der Waals surface area contributed by atoms with E-state index in [0.29, 0.717) is 16.4 Å². The van der Waals surface area contributed by atoms with E-state index in [-0.39, 0.29) is 17.1 Å². The monoisotopic (exact) mass is 433 g/mol. The Balaban J connectivity index is 0.000000673. The number of aromatic hydroxyl groups is 1. The minimum atomic E-state index is -0.333. The maximum Gasteiger partial charge on any atom is 0.214 e. The van der Waals surface area contributed by atoms with E-state index in [2.05, 4.69) is 5.73 Å². The average Bonchev–Trinajstić information content (AvgIpc) is 2.97. The first-order chi connectivity index (χ1) is 14.3. The lowest BCUT2D eigenvalue weighted by molar-refractivity contribution is -0.115. The number of rotatable bonds is 3. The number of phenolic OH excluding ortho intramolecular Hbond substituents is 1. The van der Waals surface area contributed by atoms with Gasteiger partial charge in [0.1, 0.15) is 0 Å². The lowest BCUT2D eigenvalue weighted by atomic mass is 9.96. The second kappa shape index (κ2) is 12.1. The zero-order valence-corrected chi connectivity index (χ0v) is 19.3. The van der Waals surface area contributed by atoms with E-state index in [1.807, 2.05) is 32.2 Å². The van der Waals surface area contributed by atoms with Gasteiger partial charge in [-0.3, -0.25) is 9.59 Å². The van der Waals surface area contributed by atoms with Crippen molar-refractivity contribution in [3.05, 3.63) is 45.6 Å². The van der Waals surface area contributed by atoms with E-state index in [4.69, 9.17) is 9.47 Å². The highest BCUT2D eigenvalue weighted by Crippen LogP contribution is 2.48. The maximum atomic E-state index is 12.4. The number of methoxy groups -OCH3 is 2. The van der Waals surface area contributed by atoms with Crippen molar-refractivity contribution in [1.29, 1.82) is 0 Å². The third-order valence-corrected chi connectivity index (χ3v) is 5.16. The molecule has 0 bridgehead atoms. The van der Waals surface area contributed by atoms with Gasteiger partial charge in [0, 0.05) is 12.5 Å². The highest BCUT2D eigenvalue weighted by atomic mass is 32.2. The number of fused-ring (bicyclic) bond motifs is 3. The molecule has 30 heavy (non-hydrogen) atoms. The van der Waals surface area contributed by atoms with Crippen molar-refractivity contribution in [1.82, 2.24) is 0 Å². The summed E-state index contributed by atoms with van der Waals surface area (Å²) in [5, 5.41) is 10.2. The number of carbonyl (C=O) groups excluding carboxylic acids is 1. The summed E-state index contributed by atoms with van der Waals surface area (Å²) < 4.78 is 10.9. The maximum absolute atomic E-state index is 12.4. The predicted molar refractivity (Wildman–Crippen MR) is 123 cm³/mol. The molecule has 164 valence electrons. The van der Waals surface area contributed by atoms with Crippen LogP contribution in [-0.4, -0.2) is 31.5 Å². The van der Waals surface area contributed by atoms with Crippen LogP contribution in [0.2, 0.25) is 0 Å². The van der Waals surface area contributed by atoms with Gasteiger partial charge in [0.25, 0.3) is 0 Å². The van der Waals surface area contributed by atoms with Crippen LogP contribution in [0.4, 0.5) is 0 Å². The summed E-state index contributed by atoms with van der Waals surface area (Å²) in [6.07, 6.45) is 4.43. The molecule has 0 fully saturated rings. The molecule has 1 aliphatic rings. The largest absolute Gasteiger partial charge is 0.504 e. The number of hydrogen-bond acceptors (Lipinski definition) is 6. The number of benzene rings is 1. The molecule has 0 saturated heterocycles. The summed E-state index contributed by atoms with van der Waals surface area (Å²) in [7, 11) is 3.07. The second-order valence-electron chi connectivity index (χ2n) is 6.31. The van der Waals surface area contributed by atoms with E-state index in [0.717, 1.165) is 41.5 Å². The van der Waals surface area contributed by atoms with Crippen LogP contribution in [0, 0.1) is 0 Å². The number of hydrogen-bond donors (Lipinski definition) is 2. The van der Waals surface area contributed by atoms with Gasteiger partial charge in [-0.1, -0.05) is 19.9 Å². The third kappa shape index (κ3) is 5.92. The summed E-state index contributed by atoms with van der Waals surface area (Å²) in [6.45, 7) is 5.31. The van der Waals surface area contributed by atoms with E-state index in [1.165, 1.54) is 25.8 Å². The van der Waals surface area contributed by atoms with Gasteiger partial charge in [-0.2, -0.15) is 0 Å². The molecule has 7 heteroatoms. The number of amides is 1. The molecular weight excluding hydrogens is 402 g/mol. The van der Waals surface area contributed by atoms with Gasteiger partial charge in [-0.05, 0) is 60.4 Å². The lowest BCUT2D eigenvalue weighted by Crippen LogP contribution is -2.01. The van der Waals surface area contributed by atoms with Crippen molar-refractivity contribution in [3.63, 3.8) is 0 Å². The molecule has 2 aromatic carbocycles. The molecule has 0 saturated carbocycles. The number of aryl methyl sites for hydroxylation is 2. The standard InChI is InChI=1S/C19H20O4S.C2H5NO.C2H6/c1-22-18-15(21)10-12-6-4-5-11-9-14(20)16(24-3)8-7-13(11)17(12)19(18)23-2;1-2(3)4;1-2/h7-10,21H,4-6H2,1-3H3;1H3,(H2,3,4);1-2H3. The Morgan fingerprint density at radius 3 is 2.17 bits per heavy atom. The quantitative estimate of drug-likeness (QED) is 0.705. The van der Waals surface area contributed by atoms with Crippen molar-refractivity contribution in [2.45, 2.75) is 44.9 Å². The first-order valence-electron chi connectivity index (χ1n) is 9.78. The molecule has 0 heterocycles. The summed E-state index contributed by atoms with van der Waals surface area (Å²) in [5.41, 5.74) is 8.40. The minimum Gasteiger partial charge on any atom is -0.504 e. The zero-order valence-electron chi connectivity index (χ0n) is 18.5. The molecule has 3 N–H and O–H groups in total. The summed E-state index contributed by atoms with van der Waals surface area (Å²) >= 11 is 1.45. The summed E-state index contributed by atoms with van der Waals surface area (Å²) in [5.74, 6) is 0.578. The summed E-state index contributed by atoms with van der Waals surface area (Å²) in [6, 6.07) is 7.31. The molecule has 0 aromatic heterocycles. The Bertz CT molecular complexity index is 940. The fraction of sp³-hybridized carbons (Fsp3) is 0.391. The fourth-order valence-corrected chi connectivity index (χ4v) is 3.77. The van der Waals surface area contributed by atoms with Gasteiger partial charge in [-0.15, -0.1) is 11.8 Å². The predicted octanol–water partition coefficient (Wildman–Crippen LogP) is 4.17. The Kier molecular flexibility index (Phi) is 10.3. The van der Waals surface area contributed by atoms with Crippen LogP contribution < -0.4 is 20.6 Å². The third-order valence-electron chi connectivity index (χ3n) is 4.38. The SMILES string of the molecule is CC.CC(N)=O.COc1c(O)cc2c(c1OC)-c1ccc(SC)c(=O)cc1CCC2. The molecular formula is C23H31NO5S. The number of primary amides is 1. The molecule has 0 spiro atoms. The Labute approximate surface area is 182 Å². The number of ether oxygens (including phenoxy) is 2. The molecule has 1 amide bonds. The van der Waals surface area contributed by atoms with Crippen LogP contribution in [0.5, 0.6) is 17.2 Å². The van der Waals surface area contributed by atoms with Crippen LogP contribution >= 0.6 is 11.8 Å². The highest BCUT2D eigenvalue weighted by Gasteiger charge is 2.24. The zero-order chi connectivity index (χ0) is 22.8. The molecule has 1 aliphatic carbocycles. The molecule has 2 aromatic rings. The lowest BCUT2D eigenvalue weighted by Gasteiger charge is -2.17. The van der Waals surface area contributed by atoms with Gasteiger partial charge >= 0.3 is 0 Å². The van der Waals surface area contributed by atoms with E-state index >= 15 is 0 Å². The smallest absolute Gasteiger partial charge is 0.214 e. The molecule has 0 aliphatic heterocycles. The Hall–Kier alpha value is -2.67. The van der Waals surface area contributed by atoms with Gasteiger partial charge in [0.15, 0.2) is 16.9 Å². The van der Waals surface area contributed by atoms with Crippen molar-refractivity contribution in [2.24, 2.45) is 5.73 Å². The van der Waals surface area contributed by atoms with Gasteiger partial charge < -0.3 is 20.3 Å². The van der Waals surface area contributed by atoms with Crippen LogP contribution in [0.25, 0.3) is 11.1 Å². The molecule has 3 rings (SSSR count). The van der Waals surface area contributed by atoms with Gasteiger partial charge in [-0.25, -0.2) is 0 Å². The number of nitrogens with two attached hydrogens (primary N) is 1. The van der Waals surface area contributed by atoms with E-state index in [9.17, 15) is 14.7 Å². The number of thioether (sulfide) groups is 1. The van der Waals surface area contributed by atoms with Gasteiger partial charge in [0.2, 0.25) is 11.7 Å². The van der Waals surface area contributed by atoms with Crippen LogP contribution in [0.1, 0.15) is 38.3 Å². The van der Waals surface area contributed by atoms with Crippen molar-refractivity contribution in [3.8, 4) is 28.4 Å². The molecule has 6 nitrogen and oxygen atoms in total. The Morgan fingerprint density at radius 1 is 1.07 bits per heavy atom. The summed E-state index contributed by atoms with van der Waals surface area (Å²) in [4.78, 5) is 22.3. The highest BCUT2D eigenvalue weighted by molar-refractivity contribution is 7.98. The first-order valence-corrected chi connectivity index (χ1v) is 11.0. The normalized spacial score (nSPS) is 11.3. The average molecular weight is 434 g/mol. The van der Waals surface area contributed by atoms with Crippen molar-refractivity contribution in [2.75, 3.05) is 20.5 Å². The van der Waals surface area contributed by atoms with Crippen LogP contribution in [0.3, 0.4) is 0 Å². The second-order valence-corrected chi connectivity index (χ2v) is 7.16. The molecule has 0 atom stereocenters.